The maximum Gasteiger partial charge on any atom is 0.243 e. The van der Waals surface area contributed by atoms with E-state index in [1.807, 2.05) is 13.0 Å². The Morgan fingerprint density at radius 2 is 1.60 bits per heavy atom. The zero-order chi connectivity index (χ0) is 19.0. The first kappa shape index (κ1) is 19.9. The van der Waals surface area contributed by atoms with Crippen molar-refractivity contribution in [2.75, 3.05) is 32.4 Å². The molecule has 1 atom stereocenters. The van der Waals surface area contributed by atoms with Crippen molar-refractivity contribution in [2.45, 2.75) is 30.9 Å². The van der Waals surface area contributed by atoms with E-state index in [1.54, 1.807) is 19.1 Å². The highest BCUT2D eigenvalue weighted by Gasteiger charge is 2.34. The third kappa shape index (κ3) is 4.21. The van der Waals surface area contributed by atoms with Crippen LogP contribution in [0.5, 0.6) is 0 Å². The van der Waals surface area contributed by atoms with Gasteiger partial charge in [-0.05, 0) is 38.0 Å². The van der Waals surface area contributed by atoms with Gasteiger partial charge in [-0.3, -0.25) is 4.79 Å². The van der Waals surface area contributed by atoms with E-state index in [1.165, 1.54) is 16.1 Å². The van der Waals surface area contributed by atoms with Crippen LogP contribution in [-0.2, 0) is 24.7 Å². The summed E-state index contributed by atoms with van der Waals surface area (Å²) in [5.41, 5.74) is 1.54. The minimum Gasteiger partial charge on any atom is -0.339 e. The van der Waals surface area contributed by atoms with Gasteiger partial charge in [-0.1, -0.05) is 12.1 Å². The van der Waals surface area contributed by atoms with Crippen LogP contribution in [0.4, 0.5) is 0 Å². The fraction of sp³-hybridized carbons (Fsp3) is 0.562. The van der Waals surface area contributed by atoms with Crippen LogP contribution >= 0.6 is 0 Å². The van der Waals surface area contributed by atoms with Gasteiger partial charge in [-0.2, -0.15) is 4.31 Å². The number of hydrogen-bond donors (Lipinski definition) is 0. The maximum absolute atomic E-state index is 12.9. The highest BCUT2D eigenvalue weighted by Crippen LogP contribution is 2.22. The molecule has 1 aromatic carbocycles. The molecule has 0 bridgehead atoms. The number of benzene rings is 1. The summed E-state index contributed by atoms with van der Waals surface area (Å²) in [6.07, 6.45) is 1.02. The number of rotatable bonds is 4. The first-order valence-electron chi connectivity index (χ1n) is 7.99. The highest BCUT2D eigenvalue weighted by molar-refractivity contribution is 7.92. The molecule has 7 nitrogen and oxygen atoms in total. The molecule has 1 unspecified atom stereocenters. The summed E-state index contributed by atoms with van der Waals surface area (Å²) < 4.78 is 50.1. The third-order valence-electron chi connectivity index (χ3n) is 4.50. The van der Waals surface area contributed by atoms with Gasteiger partial charge < -0.3 is 4.90 Å². The van der Waals surface area contributed by atoms with Gasteiger partial charge in [0.05, 0.1) is 4.90 Å². The van der Waals surface area contributed by atoms with Crippen molar-refractivity contribution in [3.8, 4) is 0 Å². The van der Waals surface area contributed by atoms with Crippen LogP contribution in [0, 0.1) is 13.8 Å². The maximum atomic E-state index is 12.9. The van der Waals surface area contributed by atoms with E-state index in [0.29, 0.717) is 5.56 Å². The monoisotopic (exact) mass is 388 g/mol. The molecule has 0 aliphatic carbocycles. The number of hydrogen-bond acceptors (Lipinski definition) is 5. The van der Waals surface area contributed by atoms with Gasteiger partial charge in [0.15, 0.2) is 9.84 Å². The molecule has 1 fully saturated rings. The van der Waals surface area contributed by atoms with Gasteiger partial charge >= 0.3 is 0 Å². The van der Waals surface area contributed by atoms with Gasteiger partial charge in [0.25, 0.3) is 0 Å². The summed E-state index contributed by atoms with van der Waals surface area (Å²) in [7, 11) is -7.11. The number of sulfone groups is 1. The number of carbonyl (C=O) groups is 1. The minimum absolute atomic E-state index is 0.151. The lowest BCUT2D eigenvalue weighted by atomic mass is 10.2. The van der Waals surface area contributed by atoms with E-state index in [4.69, 9.17) is 0 Å². The predicted octanol–water partition coefficient (Wildman–Crippen LogP) is 0.569. The largest absolute Gasteiger partial charge is 0.339 e. The van der Waals surface area contributed by atoms with Crippen molar-refractivity contribution in [2.24, 2.45) is 0 Å². The van der Waals surface area contributed by atoms with Crippen molar-refractivity contribution in [1.82, 2.24) is 9.21 Å². The Morgan fingerprint density at radius 1 is 1.04 bits per heavy atom. The molecular formula is C16H24N2O5S2. The molecule has 0 spiro atoms. The van der Waals surface area contributed by atoms with E-state index in [9.17, 15) is 21.6 Å². The molecule has 1 aromatic rings. The van der Waals surface area contributed by atoms with Crippen LogP contribution in [0.3, 0.4) is 0 Å². The Balaban J connectivity index is 2.14. The second kappa shape index (κ2) is 7.05. The lowest BCUT2D eigenvalue weighted by molar-refractivity contribution is -0.131. The number of amides is 1. The Labute approximate surface area is 149 Å². The third-order valence-corrected chi connectivity index (χ3v) is 8.03. The molecule has 25 heavy (non-hydrogen) atoms. The molecule has 1 heterocycles. The lowest BCUT2D eigenvalue weighted by Crippen LogP contribution is -2.53. The average molecular weight is 389 g/mol. The predicted molar refractivity (Wildman–Crippen MR) is 95.6 cm³/mol. The fourth-order valence-corrected chi connectivity index (χ4v) is 4.96. The summed E-state index contributed by atoms with van der Waals surface area (Å²) in [6, 6.07) is 5.28. The van der Waals surface area contributed by atoms with Crippen LogP contribution < -0.4 is 0 Å². The van der Waals surface area contributed by atoms with E-state index in [2.05, 4.69) is 0 Å². The van der Waals surface area contributed by atoms with E-state index >= 15 is 0 Å². The second-order valence-corrected chi connectivity index (χ2v) is 10.7. The first-order chi connectivity index (χ1) is 11.4. The van der Waals surface area contributed by atoms with Crippen LogP contribution in [0.15, 0.2) is 23.1 Å². The number of nitrogens with zero attached hydrogens (tertiary/aromatic N) is 2. The zero-order valence-corrected chi connectivity index (χ0v) is 16.5. The van der Waals surface area contributed by atoms with Crippen LogP contribution in [-0.4, -0.2) is 69.6 Å². The second-order valence-electron chi connectivity index (χ2n) is 6.47. The molecule has 1 aliphatic rings. The molecule has 0 N–H and O–H groups in total. The van der Waals surface area contributed by atoms with Crippen molar-refractivity contribution < 1.29 is 21.6 Å². The van der Waals surface area contributed by atoms with Gasteiger partial charge in [0, 0.05) is 32.4 Å². The minimum atomic E-state index is -3.64. The molecular weight excluding hydrogens is 364 g/mol. The summed E-state index contributed by atoms with van der Waals surface area (Å²) in [6.45, 7) is 5.61. The first-order valence-corrected chi connectivity index (χ1v) is 11.4. The van der Waals surface area contributed by atoms with Gasteiger partial charge in [0.1, 0.15) is 5.25 Å². The van der Waals surface area contributed by atoms with E-state index in [-0.39, 0.29) is 31.1 Å². The van der Waals surface area contributed by atoms with Gasteiger partial charge in [0.2, 0.25) is 15.9 Å². The van der Waals surface area contributed by atoms with Crippen LogP contribution in [0.25, 0.3) is 0 Å². The Bertz CT molecular complexity index is 870. The molecule has 0 aromatic heterocycles. The summed E-state index contributed by atoms with van der Waals surface area (Å²) in [5.74, 6) is -0.480. The molecule has 0 saturated carbocycles. The molecule has 1 amide bonds. The fourth-order valence-electron chi connectivity index (χ4n) is 2.71. The highest BCUT2D eigenvalue weighted by atomic mass is 32.2. The Hall–Kier alpha value is -1.45. The smallest absolute Gasteiger partial charge is 0.243 e. The standard InChI is InChI=1S/C16H24N2O5S2/c1-12-5-6-13(2)15(11-12)25(22,23)18-9-7-17(8-10-18)16(19)14(3)24(4,20)21/h5-6,11,14H,7-10H2,1-4H3. The van der Waals surface area contributed by atoms with Crippen LogP contribution in [0.1, 0.15) is 18.1 Å². The molecule has 140 valence electrons. The van der Waals surface area contributed by atoms with E-state index in [0.717, 1.165) is 11.8 Å². The zero-order valence-electron chi connectivity index (χ0n) is 14.9. The number of carbonyl (C=O) groups excluding carboxylic acids is 1. The molecule has 2 rings (SSSR count). The number of piperazine rings is 1. The topological polar surface area (TPSA) is 91.8 Å². The van der Waals surface area contributed by atoms with Crippen molar-refractivity contribution in [3.63, 3.8) is 0 Å². The summed E-state index contributed by atoms with van der Waals surface area (Å²) in [4.78, 5) is 13.9. The Morgan fingerprint density at radius 3 is 2.12 bits per heavy atom. The van der Waals surface area contributed by atoms with Crippen molar-refractivity contribution >= 4 is 25.8 Å². The van der Waals surface area contributed by atoms with Crippen molar-refractivity contribution in [3.05, 3.63) is 29.3 Å². The summed E-state index contributed by atoms with van der Waals surface area (Å²) in [5, 5.41) is -1.12. The average Bonchev–Trinajstić information content (AvgIpc) is 2.54. The normalized spacial score (nSPS) is 18.2. The lowest BCUT2D eigenvalue weighted by Gasteiger charge is -2.35. The van der Waals surface area contributed by atoms with Crippen molar-refractivity contribution in [1.29, 1.82) is 0 Å². The molecule has 1 saturated heterocycles. The molecule has 1 aliphatic heterocycles. The number of sulfonamides is 1. The number of aryl methyl sites for hydroxylation is 2. The SMILES string of the molecule is Cc1ccc(C)c(S(=O)(=O)N2CCN(C(=O)C(C)S(C)(=O)=O)CC2)c1. The molecule has 9 heteroatoms. The van der Waals surface area contributed by atoms with E-state index < -0.39 is 31.0 Å². The van der Waals surface area contributed by atoms with Gasteiger partial charge in [-0.25, -0.2) is 16.8 Å². The van der Waals surface area contributed by atoms with Gasteiger partial charge in [-0.15, -0.1) is 0 Å². The molecule has 0 radical (unpaired) electrons. The Kier molecular flexibility index (Phi) is 5.60. The summed E-state index contributed by atoms with van der Waals surface area (Å²) >= 11 is 0. The quantitative estimate of drug-likeness (QED) is 0.752. The van der Waals surface area contributed by atoms with Crippen LogP contribution in [0.2, 0.25) is 0 Å².